The fourth-order valence-corrected chi connectivity index (χ4v) is 3.98. The molecule has 0 spiro atoms. The number of nitrogens with one attached hydrogen (secondary N) is 1. The van der Waals surface area contributed by atoms with Gasteiger partial charge in [-0.15, -0.1) is 0 Å². The molecule has 5 nitrogen and oxygen atoms in total. The molecule has 1 fully saturated rings. The van der Waals surface area contributed by atoms with Crippen LogP contribution in [0.4, 0.5) is 14.6 Å². The van der Waals surface area contributed by atoms with Gasteiger partial charge in [0.2, 0.25) is 0 Å². The first-order chi connectivity index (χ1) is 14.8. The lowest BCUT2D eigenvalue weighted by Gasteiger charge is -2.36. The highest BCUT2D eigenvalue weighted by atomic mass is 35.5. The number of benzene rings is 1. The van der Waals surface area contributed by atoms with E-state index in [0.717, 1.165) is 24.6 Å². The lowest BCUT2D eigenvalue weighted by Crippen LogP contribution is -2.48. The minimum Gasteiger partial charge on any atom is -0.357 e. The third-order valence-electron chi connectivity index (χ3n) is 5.74. The van der Waals surface area contributed by atoms with E-state index in [1.807, 2.05) is 18.2 Å². The Morgan fingerprint density at radius 1 is 1.23 bits per heavy atom. The monoisotopic (exact) mass is 450 g/mol. The van der Waals surface area contributed by atoms with Gasteiger partial charge in [-0.1, -0.05) is 17.7 Å². The summed E-state index contributed by atoms with van der Waals surface area (Å²) in [6.45, 7) is 7.24. The van der Waals surface area contributed by atoms with Crippen LogP contribution in [0.5, 0.6) is 0 Å². The standard InChI is InChI=1S/C23H29ClF2N4O/c1-3-29(4-2)21-7-5-6-18(28-21)15-27-16-23(26)10-12-30(13-11-23)22(31)17-8-9-20(25)19(24)14-17/h5-9,14,27H,3-4,10-13,15-16H2,1-2H3. The summed E-state index contributed by atoms with van der Waals surface area (Å²) in [5.41, 5.74) is -0.197. The molecule has 1 amide bonds. The quantitative estimate of drug-likeness (QED) is 0.645. The molecule has 1 aliphatic rings. The summed E-state index contributed by atoms with van der Waals surface area (Å²) in [7, 11) is 0. The van der Waals surface area contributed by atoms with Crippen LogP contribution in [0.3, 0.4) is 0 Å². The summed E-state index contributed by atoms with van der Waals surface area (Å²) in [6.07, 6.45) is 0.487. The predicted molar refractivity (Wildman–Crippen MR) is 120 cm³/mol. The average Bonchev–Trinajstić information content (AvgIpc) is 2.77. The Morgan fingerprint density at radius 2 is 1.94 bits per heavy atom. The van der Waals surface area contributed by atoms with E-state index in [0.29, 0.717) is 25.2 Å². The number of piperidine rings is 1. The Bertz CT molecular complexity index is 899. The van der Waals surface area contributed by atoms with Gasteiger partial charge in [0, 0.05) is 57.7 Å². The Kier molecular flexibility index (Phi) is 7.84. The van der Waals surface area contributed by atoms with Gasteiger partial charge in [0.1, 0.15) is 17.3 Å². The second-order valence-corrected chi connectivity index (χ2v) is 8.24. The van der Waals surface area contributed by atoms with Gasteiger partial charge >= 0.3 is 0 Å². The van der Waals surface area contributed by atoms with E-state index in [1.54, 1.807) is 4.90 Å². The molecule has 31 heavy (non-hydrogen) atoms. The maximum atomic E-state index is 15.2. The molecule has 1 aromatic heterocycles. The maximum Gasteiger partial charge on any atom is 0.253 e. The van der Waals surface area contributed by atoms with Crippen molar-refractivity contribution in [1.82, 2.24) is 15.2 Å². The molecule has 1 saturated heterocycles. The normalized spacial score (nSPS) is 15.7. The fraction of sp³-hybridized carbons (Fsp3) is 0.478. The van der Waals surface area contributed by atoms with Gasteiger partial charge in [-0.05, 0) is 44.2 Å². The number of amides is 1. The molecular weight excluding hydrogens is 422 g/mol. The highest BCUT2D eigenvalue weighted by Crippen LogP contribution is 2.27. The topological polar surface area (TPSA) is 48.5 Å². The lowest BCUT2D eigenvalue weighted by atomic mass is 9.92. The number of nitrogens with zero attached hydrogens (tertiary/aromatic N) is 3. The molecule has 3 rings (SSSR count). The third kappa shape index (κ3) is 5.92. The molecule has 0 atom stereocenters. The molecule has 2 heterocycles. The first kappa shape index (κ1) is 23.4. The van der Waals surface area contributed by atoms with Crippen LogP contribution in [0.2, 0.25) is 5.02 Å². The number of pyridine rings is 1. The minimum atomic E-state index is -1.38. The van der Waals surface area contributed by atoms with Crippen molar-refractivity contribution >= 4 is 23.3 Å². The second-order valence-electron chi connectivity index (χ2n) is 7.83. The Labute approximate surface area is 187 Å². The molecule has 0 aliphatic carbocycles. The van der Waals surface area contributed by atoms with E-state index >= 15 is 4.39 Å². The number of halogens is 3. The highest BCUT2D eigenvalue weighted by Gasteiger charge is 2.36. The Morgan fingerprint density at radius 3 is 2.58 bits per heavy atom. The van der Waals surface area contributed by atoms with Crippen LogP contribution in [-0.2, 0) is 6.54 Å². The van der Waals surface area contributed by atoms with Crippen LogP contribution in [0.1, 0.15) is 42.7 Å². The molecular formula is C23H29ClF2N4O. The van der Waals surface area contributed by atoms with Gasteiger partial charge in [-0.2, -0.15) is 0 Å². The number of carbonyl (C=O) groups is 1. The van der Waals surface area contributed by atoms with Crippen LogP contribution < -0.4 is 10.2 Å². The van der Waals surface area contributed by atoms with E-state index in [2.05, 4.69) is 29.0 Å². The molecule has 1 aliphatic heterocycles. The lowest BCUT2D eigenvalue weighted by molar-refractivity contribution is 0.0434. The number of hydrogen-bond acceptors (Lipinski definition) is 4. The van der Waals surface area contributed by atoms with Crippen molar-refractivity contribution in [2.45, 2.75) is 38.9 Å². The maximum absolute atomic E-state index is 15.2. The van der Waals surface area contributed by atoms with Gasteiger partial charge in [-0.3, -0.25) is 4.79 Å². The van der Waals surface area contributed by atoms with Crippen LogP contribution in [0.25, 0.3) is 0 Å². The smallest absolute Gasteiger partial charge is 0.253 e. The van der Waals surface area contributed by atoms with Gasteiger partial charge in [0.15, 0.2) is 0 Å². The van der Waals surface area contributed by atoms with Crippen LogP contribution in [0.15, 0.2) is 36.4 Å². The van der Waals surface area contributed by atoms with E-state index in [4.69, 9.17) is 11.6 Å². The second kappa shape index (κ2) is 10.4. The van der Waals surface area contributed by atoms with Crippen molar-refractivity contribution in [3.63, 3.8) is 0 Å². The number of likely N-dealkylation sites (tertiary alicyclic amines) is 1. The zero-order valence-electron chi connectivity index (χ0n) is 18.0. The summed E-state index contributed by atoms with van der Waals surface area (Å²) in [6, 6.07) is 9.77. The largest absolute Gasteiger partial charge is 0.357 e. The number of aromatic nitrogens is 1. The van der Waals surface area contributed by atoms with Crippen LogP contribution in [-0.4, -0.2) is 54.2 Å². The van der Waals surface area contributed by atoms with Crippen LogP contribution >= 0.6 is 11.6 Å². The summed E-state index contributed by atoms with van der Waals surface area (Å²) in [5, 5.41) is 3.09. The Hall–Kier alpha value is -2.25. The van der Waals surface area contributed by atoms with E-state index in [9.17, 15) is 9.18 Å². The van der Waals surface area contributed by atoms with Crippen molar-refractivity contribution < 1.29 is 13.6 Å². The summed E-state index contributed by atoms with van der Waals surface area (Å²) >= 11 is 5.77. The molecule has 0 radical (unpaired) electrons. The molecule has 0 bridgehead atoms. The molecule has 1 N–H and O–H groups in total. The number of carbonyl (C=O) groups excluding carboxylic acids is 1. The molecule has 0 unspecified atom stereocenters. The van der Waals surface area contributed by atoms with E-state index in [-0.39, 0.29) is 30.3 Å². The van der Waals surface area contributed by atoms with Gasteiger partial charge in [-0.25, -0.2) is 13.8 Å². The average molecular weight is 451 g/mol. The third-order valence-corrected chi connectivity index (χ3v) is 6.03. The zero-order chi connectivity index (χ0) is 22.4. The van der Waals surface area contributed by atoms with E-state index in [1.165, 1.54) is 18.2 Å². The molecule has 8 heteroatoms. The van der Waals surface area contributed by atoms with Gasteiger partial charge in [0.05, 0.1) is 10.7 Å². The number of rotatable bonds is 8. The number of anilines is 1. The van der Waals surface area contributed by atoms with Gasteiger partial charge < -0.3 is 15.1 Å². The fourth-order valence-electron chi connectivity index (χ4n) is 3.80. The minimum absolute atomic E-state index is 0.0921. The number of alkyl halides is 1. The first-order valence-electron chi connectivity index (χ1n) is 10.7. The summed E-state index contributed by atoms with van der Waals surface area (Å²) in [4.78, 5) is 21.0. The SMILES string of the molecule is CCN(CC)c1cccc(CNCC2(F)CCN(C(=O)c3ccc(F)c(Cl)c3)CC2)n1. The van der Waals surface area contributed by atoms with Crippen molar-refractivity contribution in [1.29, 1.82) is 0 Å². The number of hydrogen-bond donors (Lipinski definition) is 1. The highest BCUT2D eigenvalue weighted by molar-refractivity contribution is 6.31. The first-order valence-corrected chi connectivity index (χ1v) is 11.1. The van der Waals surface area contributed by atoms with Crippen molar-refractivity contribution in [2.75, 3.05) is 37.6 Å². The predicted octanol–water partition coefficient (Wildman–Crippen LogP) is 4.45. The molecule has 1 aromatic carbocycles. The van der Waals surface area contributed by atoms with Crippen molar-refractivity contribution in [3.05, 3.63) is 58.5 Å². The van der Waals surface area contributed by atoms with Crippen molar-refractivity contribution in [2.24, 2.45) is 0 Å². The van der Waals surface area contributed by atoms with E-state index < -0.39 is 11.5 Å². The molecule has 0 saturated carbocycles. The molecule has 168 valence electrons. The Balaban J connectivity index is 1.50. The molecule has 2 aromatic rings. The summed E-state index contributed by atoms with van der Waals surface area (Å²) in [5.74, 6) is 0.101. The van der Waals surface area contributed by atoms with Gasteiger partial charge in [0.25, 0.3) is 5.91 Å². The summed E-state index contributed by atoms with van der Waals surface area (Å²) < 4.78 is 28.6. The zero-order valence-corrected chi connectivity index (χ0v) is 18.8. The van der Waals surface area contributed by atoms with Crippen molar-refractivity contribution in [3.8, 4) is 0 Å². The van der Waals surface area contributed by atoms with Crippen LogP contribution in [0, 0.1) is 5.82 Å².